The Morgan fingerprint density at radius 1 is 1.20 bits per heavy atom. The summed E-state index contributed by atoms with van der Waals surface area (Å²) in [5.41, 5.74) is 2.24. The number of pyridine rings is 1. The predicted molar refractivity (Wildman–Crippen MR) is 109 cm³/mol. The van der Waals surface area contributed by atoms with Crippen LogP contribution in [0.25, 0.3) is 11.7 Å². The molecular weight excluding hydrogens is 386 g/mol. The van der Waals surface area contributed by atoms with Crippen LogP contribution in [0, 0.1) is 0 Å². The van der Waals surface area contributed by atoms with Crippen LogP contribution in [-0.4, -0.2) is 49.1 Å². The van der Waals surface area contributed by atoms with Crippen LogP contribution >= 0.6 is 0 Å². The summed E-state index contributed by atoms with van der Waals surface area (Å²) >= 11 is 0. The first-order valence-corrected chi connectivity index (χ1v) is 9.66. The molecular formula is C19H19N9O2. The minimum Gasteiger partial charge on any atom is -0.354 e. The molecule has 2 aliphatic rings. The Kier molecular flexibility index (Phi) is 4.46. The molecule has 0 spiro atoms. The Hall–Kier alpha value is -4.02. The first-order chi connectivity index (χ1) is 14.7. The van der Waals surface area contributed by atoms with E-state index in [9.17, 15) is 9.59 Å². The fourth-order valence-electron chi connectivity index (χ4n) is 3.07. The number of aromatic nitrogens is 5. The van der Waals surface area contributed by atoms with Gasteiger partial charge < -0.3 is 16.0 Å². The molecule has 0 atom stereocenters. The number of nitrogens with zero attached hydrogens (tertiary/aromatic N) is 5. The number of hydrogen-bond acceptors (Lipinski definition) is 8. The third-order valence-corrected chi connectivity index (χ3v) is 4.72. The molecule has 11 nitrogen and oxygen atoms in total. The molecule has 30 heavy (non-hydrogen) atoms. The fourth-order valence-corrected chi connectivity index (χ4v) is 3.07. The number of imide groups is 1. The van der Waals surface area contributed by atoms with E-state index >= 15 is 0 Å². The zero-order chi connectivity index (χ0) is 20.5. The summed E-state index contributed by atoms with van der Waals surface area (Å²) in [6.07, 6.45) is 7.79. The average Bonchev–Trinajstić information content (AvgIpc) is 3.37. The Labute approximate surface area is 171 Å². The first kappa shape index (κ1) is 18.0. The lowest BCUT2D eigenvalue weighted by Gasteiger charge is -2.10. The Balaban J connectivity index is 1.44. The second kappa shape index (κ2) is 7.43. The highest BCUT2D eigenvalue weighted by molar-refractivity contribution is 6.14. The highest BCUT2D eigenvalue weighted by Gasteiger charge is 2.25. The number of carbonyl (C=O) groups is 2. The quantitative estimate of drug-likeness (QED) is 0.336. The topological polar surface area (TPSA) is 138 Å². The van der Waals surface area contributed by atoms with Crippen molar-refractivity contribution in [3.63, 3.8) is 0 Å². The van der Waals surface area contributed by atoms with E-state index in [-0.39, 0.29) is 5.70 Å². The zero-order valence-corrected chi connectivity index (χ0v) is 15.9. The molecule has 2 fully saturated rings. The molecule has 0 aromatic carbocycles. The normalized spacial score (nSPS) is 17.3. The first-order valence-electron chi connectivity index (χ1n) is 9.66. The van der Waals surface area contributed by atoms with Crippen molar-refractivity contribution in [2.24, 2.45) is 0 Å². The van der Waals surface area contributed by atoms with Gasteiger partial charge in [-0.05, 0) is 31.1 Å². The van der Waals surface area contributed by atoms with Gasteiger partial charge in [0.2, 0.25) is 11.9 Å². The SMILES string of the molecule is O=C1NC(=O)/C(=C/c2cnn3c(NC4CC4)nc(NCCc4ccccn4)nc23)N1. The third-order valence-electron chi connectivity index (χ3n) is 4.72. The van der Waals surface area contributed by atoms with Gasteiger partial charge in [0.25, 0.3) is 5.91 Å². The molecule has 4 heterocycles. The van der Waals surface area contributed by atoms with Gasteiger partial charge in [0.05, 0.1) is 6.20 Å². The Bertz CT molecular complexity index is 1150. The van der Waals surface area contributed by atoms with E-state index in [1.165, 1.54) is 0 Å². The summed E-state index contributed by atoms with van der Waals surface area (Å²) in [6.45, 7) is 0.610. The van der Waals surface area contributed by atoms with Crippen LogP contribution in [0.1, 0.15) is 24.1 Å². The van der Waals surface area contributed by atoms with Crippen molar-refractivity contribution < 1.29 is 9.59 Å². The van der Waals surface area contributed by atoms with Crippen molar-refractivity contribution in [3.8, 4) is 0 Å². The number of nitrogens with one attached hydrogen (secondary N) is 4. The molecule has 11 heteroatoms. The second-order valence-corrected chi connectivity index (χ2v) is 7.09. The molecule has 5 rings (SSSR count). The van der Waals surface area contributed by atoms with Crippen LogP contribution in [-0.2, 0) is 11.2 Å². The summed E-state index contributed by atoms with van der Waals surface area (Å²) in [6, 6.07) is 5.62. The maximum Gasteiger partial charge on any atom is 0.326 e. The van der Waals surface area contributed by atoms with Crippen LogP contribution in [0.2, 0.25) is 0 Å². The van der Waals surface area contributed by atoms with E-state index in [1.807, 2.05) is 18.2 Å². The highest BCUT2D eigenvalue weighted by Crippen LogP contribution is 2.25. The van der Waals surface area contributed by atoms with Gasteiger partial charge in [0.15, 0.2) is 5.65 Å². The maximum atomic E-state index is 11.9. The largest absolute Gasteiger partial charge is 0.354 e. The van der Waals surface area contributed by atoms with Gasteiger partial charge in [-0.15, -0.1) is 0 Å². The van der Waals surface area contributed by atoms with Gasteiger partial charge in [0, 0.05) is 36.5 Å². The summed E-state index contributed by atoms with van der Waals surface area (Å²) in [5, 5.41) is 15.6. The standard InChI is InChI=1S/C19H19N9O2/c29-16-14(24-19(30)26-16)9-11-10-22-28-15(11)25-17(27-18(28)23-13-4-5-13)21-8-6-12-3-1-2-7-20-12/h1-3,7,9-10,13H,4-6,8H2,(H2,21,23,25,27)(H2,24,26,29,30)/b14-9-. The molecule has 0 bridgehead atoms. The Morgan fingerprint density at radius 2 is 2.10 bits per heavy atom. The number of urea groups is 1. The molecule has 3 amide bonds. The average molecular weight is 405 g/mol. The fraction of sp³-hybridized carbons (Fsp3) is 0.263. The van der Waals surface area contributed by atoms with Gasteiger partial charge in [-0.2, -0.15) is 19.6 Å². The number of fused-ring (bicyclic) bond motifs is 1. The zero-order valence-electron chi connectivity index (χ0n) is 15.9. The second-order valence-electron chi connectivity index (χ2n) is 7.09. The van der Waals surface area contributed by atoms with Gasteiger partial charge >= 0.3 is 6.03 Å². The molecule has 0 unspecified atom stereocenters. The van der Waals surface area contributed by atoms with Crippen LogP contribution in [0.15, 0.2) is 36.3 Å². The minimum atomic E-state index is -0.551. The van der Waals surface area contributed by atoms with Crippen molar-refractivity contribution in [1.82, 2.24) is 35.2 Å². The van der Waals surface area contributed by atoms with Crippen molar-refractivity contribution in [2.75, 3.05) is 17.2 Å². The molecule has 4 N–H and O–H groups in total. The number of anilines is 2. The van der Waals surface area contributed by atoms with Crippen molar-refractivity contribution >= 4 is 35.6 Å². The summed E-state index contributed by atoms with van der Waals surface area (Å²) < 4.78 is 1.60. The van der Waals surface area contributed by atoms with Crippen LogP contribution in [0.5, 0.6) is 0 Å². The van der Waals surface area contributed by atoms with E-state index in [2.05, 4.69) is 41.3 Å². The monoisotopic (exact) mass is 405 g/mol. The summed E-state index contributed by atoms with van der Waals surface area (Å²) in [5.74, 6) is 0.535. The van der Waals surface area contributed by atoms with Crippen LogP contribution in [0.4, 0.5) is 16.7 Å². The van der Waals surface area contributed by atoms with Crippen molar-refractivity contribution in [2.45, 2.75) is 25.3 Å². The molecule has 1 saturated heterocycles. The molecule has 3 aromatic heterocycles. The van der Waals surface area contributed by atoms with E-state index in [1.54, 1.807) is 23.0 Å². The number of rotatable bonds is 7. The van der Waals surface area contributed by atoms with Crippen molar-refractivity contribution in [1.29, 1.82) is 0 Å². The lowest BCUT2D eigenvalue weighted by Crippen LogP contribution is -2.22. The molecule has 0 radical (unpaired) electrons. The van der Waals surface area contributed by atoms with Gasteiger partial charge in [0.1, 0.15) is 5.70 Å². The maximum absolute atomic E-state index is 11.9. The van der Waals surface area contributed by atoms with Gasteiger partial charge in [-0.1, -0.05) is 6.07 Å². The van der Waals surface area contributed by atoms with Crippen LogP contribution < -0.4 is 21.3 Å². The van der Waals surface area contributed by atoms with Crippen molar-refractivity contribution in [3.05, 3.63) is 47.5 Å². The molecule has 1 aliphatic heterocycles. The molecule has 1 saturated carbocycles. The Morgan fingerprint density at radius 3 is 2.83 bits per heavy atom. The minimum absolute atomic E-state index is 0.148. The number of carbonyl (C=O) groups excluding carboxylic acids is 2. The number of hydrogen-bond donors (Lipinski definition) is 4. The number of amides is 3. The highest BCUT2D eigenvalue weighted by atomic mass is 16.2. The smallest absolute Gasteiger partial charge is 0.326 e. The molecule has 152 valence electrons. The van der Waals surface area contributed by atoms with E-state index in [0.717, 1.165) is 25.0 Å². The van der Waals surface area contributed by atoms with E-state index in [4.69, 9.17) is 0 Å². The molecule has 3 aromatic rings. The summed E-state index contributed by atoms with van der Waals surface area (Å²) in [7, 11) is 0. The lowest BCUT2D eigenvalue weighted by molar-refractivity contribution is -0.115. The predicted octanol–water partition coefficient (Wildman–Crippen LogP) is 0.928. The third kappa shape index (κ3) is 3.77. The van der Waals surface area contributed by atoms with Gasteiger partial charge in [-0.3, -0.25) is 15.1 Å². The molecule has 1 aliphatic carbocycles. The van der Waals surface area contributed by atoms with E-state index < -0.39 is 11.9 Å². The van der Waals surface area contributed by atoms with E-state index in [0.29, 0.717) is 35.7 Å². The lowest BCUT2D eigenvalue weighted by atomic mass is 10.2. The summed E-state index contributed by atoms with van der Waals surface area (Å²) in [4.78, 5) is 36.7. The van der Waals surface area contributed by atoms with Crippen LogP contribution in [0.3, 0.4) is 0 Å². The van der Waals surface area contributed by atoms with Gasteiger partial charge in [-0.25, -0.2) is 4.79 Å².